The third-order valence-corrected chi connectivity index (χ3v) is 3.92. The van der Waals surface area contributed by atoms with E-state index in [0.29, 0.717) is 18.7 Å². The molecule has 0 fully saturated rings. The minimum atomic E-state index is -0.133. The standard InChI is InChI=1S/C17H19N3O2/c21-16-12-14-8-4-5-9-15(14)19-20(16)11-10-18-17(22)13-6-2-1-3-7-13/h1-3,6-7,12H,4-5,8-11H2,(H,18,22). The van der Waals surface area contributed by atoms with Gasteiger partial charge in [0.15, 0.2) is 0 Å². The van der Waals surface area contributed by atoms with Crippen LogP contribution in [0.5, 0.6) is 0 Å². The fourth-order valence-electron chi connectivity index (χ4n) is 2.73. The van der Waals surface area contributed by atoms with Crippen molar-refractivity contribution in [1.29, 1.82) is 0 Å². The number of fused-ring (bicyclic) bond motifs is 1. The normalized spacial score (nSPS) is 13.5. The van der Waals surface area contributed by atoms with E-state index >= 15 is 0 Å². The van der Waals surface area contributed by atoms with Gasteiger partial charge in [-0.05, 0) is 43.4 Å². The molecule has 1 aromatic carbocycles. The average Bonchev–Trinajstić information content (AvgIpc) is 2.56. The molecule has 1 aliphatic rings. The molecule has 3 rings (SSSR count). The summed E-state index contributed by atoms with van der Waals surface area (Å²) in [5.41, 5.74) is 2.64. The fraction of sp³-hybridized carbons (Fsp3) is 0.353. The van der Waals surface area contributed by atoms with E-state index in [1.165, 1.54) is 4.68 Å². The highest BCUT2D eigenvalue weighted by Gasteiger charge is 2.13. The summed E-state index contributed by atoms with van der Waals surface area (Å²) in [6.45, 7) is 0.782. The summed E-state index contributed by atoms with van der Waals surface area (Å²) in [6, 6.07) is 10.7. The number of rotatable bonds is 4. The molecule has 1 N–H and O–H groups in total. The number of carbonyl (C=O) groups excluding carboxylic acids is 1. The molecule has 2 aromatic rings. The van der Waals surface area contributed by atoms with Gasteiger partial charge in [0.1, 0.15) is 0 Å². The molecule has 0 radical (unpaired) electrons. The Morgan fingerprint density at radius 1 is 1.18 bits per heavy atom. The molecule has 5 nitrogen and oxygen atoms in total. The van der Waals surface area contributed by atoms with Crippen molar-refractivity contribution >= 4 is 5.91 Å². The van der Waals surface area contributed by atoms with Gasteiger partial charge in [-0.2, -0.15) is 5.10 Å². The maximum absolute atomic E-state index is 12.0. The number of hydrogen-bond acceptors (Lipinski definition) is 3. The summed E-state index contributed by atoms with van der Waals surface area (Å²) in [6.07, 6.45) is 4.14. The molecule has 0 saturated carbocycles. The van der Waals surface area contributed by atoms with Crippen LogP contribution in [0, 0.1) is 0 Å². The summed E-state index contributed by atoms with van der Waals surface area (Å²) in [7, 11) is 0. The van der Waals surface area contributed by atoms with Crippen LogP contribution in [0.1, 0.15) is 34.5 Å². The van der Waals surface area contributed by atoms with Crippen LogP contribution in [0.2, 0.25) is 0 Å². The predicted molar refractivity (Wildman–Crippen MR) is 83.9 cm³/mol. The minimum Gasteiger partial charge on any atom is -0.350 e. The number of aromatic nitrogens is 2. The Balaban J connectivity index is 1.62. The maximum atomic E-state index is 12.0. The van der Waals surface area contributed by atoms with Gasteiger partial charge in [0.25, 0.3) is 11.5 Å². The van der Waals surface area contributed by atoms with E-state index in [2.05, 4.69) is 10.4 Å². The molecule has 1 aliphatic carbocycles. The molecule has 114 valence electrons. The third-order valence-electron chi connectivity index (χ3n) is 3.92. The van der Waals surface area contributed by atoms with Crippen LogP contribution < -0.4 is 10.9 Å². The minimum absolute atomic E-state index is 0.0883. The molecule has 0 atom stereocenters. The fourth-order valence-corrected chi connectivity index (χ4v) is 2.73. The molecule has 1 aromatic heterocycles. The Morgan fingerprint density at radius 2 is 1.95 bits per heavy atom. The van der Waals surface area contributed by atoms with E-state index in [1.807, 2.05) is 18.2 Å². The first-order valence-corrected chi connectivity index (χ1v) is 7.67. The lowest BCUT2D eigenvalue weighted by atomic mass is 9.97. The highest BCUT2D eigenvalue weighted by Crippen LogP contribution is 2.16. The van der Waals surface area contributed by atoms with Crippen LogP contribution >= 0.6 is 0 Å². The number of benzene rings is 1. The Hall–Kier alpha value is -2.43. The van der Waals surface area contributed by atoms with E-state index in [0.717, 1.165) is 36.9 Å². The smallest absolute Gasteiger partial charge is 0.267 e. The monoisotopic (exact) mass is 297 g/mol. The number of nitrogens with zero attached hydrogens (tertiary/aromatic N) is 2. The van der Waals surface area contributed by atoms with E-state index < -0.39 is 0 Å². The van der Waals surface area contributed by atoms with Crippen LogP contribution in [0.4, 0.5) is 0 Å². The van der Waals surface area contributed by atoms with Crippen LogP contribution in [0.3, 0.4) is 0 Å². The van der Waals surface area contributed by atoms with Crippen molar-refractivity contribution in [2.24, 2.45) is 0 Å². The number of amides is 1. The number of aryl methyl sites for hydroxylation is 2. The Morgan fingerprint density at radius 3 is 2.77 bits per heavy atom. The molecule has 0 unspecified atom stereocenters. The zero-order valence-corrected chi connectivity index (χ0v) is 12.4. The van der Waals surface area contributed by atoms with Crippen molar-refractivity contribution in [2.75, 3.05) is 6.54 Å². The van der Waals surface area contributed by atoms with Crippen molar-refractivity contribution in [2.45, 2.75) is 32.2 Å². The van der Waals surface area contributed by atoms with Gasteiger partial charge in [-0.3, -0.25) is 9.59 Å². The average molecular weight is 297 g/mol. The lowest BCUT2D eigenvalue weighted by Gasteiger charge is -2.16. The van der Waals surface area contributed by atoms with Crippen molar-refractivity contribution in [3.05, 3.63) is 63.6 Å². The molecule has 0 aliphatic heterocycles. The van der Waals surface area contributed by atoms with Gasteiger partial charge in [-0.1, -0.05) is 18.2 Å². The van der Waals surface area contributed by atoms with Gasteiger partial charge in [0, 0.05) is 18.2 Å². The van der Waals surface area contributed by atoms with Crippen LogP contribution in [0.25, 0.3) is 0 Å². The Labute approximate surface area is 129 Å². The molecular formula is C17H19N3O2. The Bertz CT molecular complexity index is 722. The molecule has 5 heteroatoms. The maximum Gasteiger partial charge on any atom is 0.267 e. The zero-order chi connectivity index (χ0) is 15.4. The topological polar surface area (TPSA) is 64.0 Å². The first-order valence-electron chi connectivity index (χ1n) is 7.67. The molecule has 22 heavy (non-hydrogen) atoms. The molecule has 0 spiro atoms. The van der Waals surface area contributed by atoms with E-state index in [4.69, 9.17) is 0 Å². The zero-order valence-electron chi connectivity index (χ0n) is 12.4. The second-order valence-corrected chi connectivity index (χ2v) is 5.51. The van der Waals surface area contributed by atoms with Crippen LogP contribution in [0.15, 0.2) is 41.2 Å². The quantitative estimate of drug-likeness (QED) is 0.931. The summed E-state index contributed by atoms with van der Waals surface area (Å²) >= 11 is 0. The molecule has 0 saturated heterocycles. The molecule has 1 heterocycles. The van der Waals surface area contributed by atoms with Gasteiger partial charge in [0.2, 0.25) is 0 Å². The lowest BCUT2D eigenvalue weighted by Crippen LogP contribution is -2.33. The Kier molecular flexibility index (Phi) is 4.32. The van der Waals surface area contributed by atoms with Crippen molar-refractivity contribution in [1.82, 2.24) is 15.1 Å². The van der Waals surface area contributed by atoms with E-state index in [-0.39, 0.29) is 11.5 Å². The summed E-state index contributed by atoms with van der Waals surface area (Å²) < 4.78 is 1.45. The second-order valence-electron chi connectivity index (χ2n) is 5.51. The highest BCUT2D eigenvalue weighted by molar-refractivity contribution is 5.94. The van der Waals surface area contributed by atoms with Gasteiger partial charge >= 0.3 is 0 Å². The number of hydrogen-bond donors (Lipinski definition) is 1. The number of carbonyl (C=O) groups is 1. The first kappa shape index (κ1) is 14.5. The second kappa shape index (κ2) is 6.56. The van der Waals surface area contributed by atoms with Crippen LogP contribution in [-0.2, 0) is 19.4 Å². The van der Waals surface area contributed by atoms with Crippen molar-refractivity contribution < 1.29 is 4.79 Å². The van der Waals surface area contributed by atoms with Crippen molar-refractivity contribution in [3.63, 3.8) is 0 Å². The predicted octanol–water partition coefficient (Wildman–Crippen LogP) is 1.55. The molecular weight excluding hydrogens is 278 g/mol. The van der Waals surface area contributed by atoms with Crippen LogP contribution in [-0.4, -0.2) is 22.2 Å². The van der Waals surface area contributed by atoms with Gasteiger partial charge in [-0.15, -0.1) is 0 Å². The highest BCUT2D eigenvalue weighted by atomic mass is 16.1. The summed E-state index contributed by atoms with van der Waals surface area (Å²) in [4.78, 5) is 24.0. The van der Waals surface area contributed by atoms with E-state index in [9.17, 15) is 9.59 Å². The summed E-state index contributed by atoms with van der Waals surface area (Å²) in [5.74, 6) is -0.133. The van der Waals surface area contributed by atoms with Gasteiger partial charge in [-0.25, -0.2) is 4.68 Å². The largest absolute Gasteiger partial charge is 0.350 e. The van der Waals surface area contributed by atoms with Gasteiger partial charge < -0.3 is 5.32 Å². The summed E-state index contributed by atoms with van der Waals surface area (Å²) in [5, 5.41) is 7.25. The molecule has 1 amide bonds. The van der Waals surface area contributed by atoms with E-state index in [1.54, 1.807) is 18.2 Å². The SMILES string of the molecule is O=C(NCCn1nc2c(cc1=O)CCCC2)c1ccccc1. The number of nitrogens with one attached hydrogen (secondary N) is 1. The van der Waals surface area contributed by atoms with Crippen molar-refractivity contribution in [3.8, 4) is 0 Å². The molecule has 0 bridgehead atoms. The van der Waals surface area contributed by atoms with Gasteiger partial charge in [0.05, 0.1) is 12.2 Å². The third kappa shape index (κ3) is 3.24. The first-order chi connectivity index (χ1) is 10.7. The lowest BCUT2D eigenvalue weighted by molar-refractivity contribution is 0.0951.